The molecule has 0 saturated carbocycles. The summed E-state index contributed by atoms with van der Waals surface area (Å²) in [6, 6.07) is 21.5. The Morgan fingerprint density at radius 2 is 1.65 bits per heavy atom. The van der Waals surface area contributed by atoms with Crippen LogP contribution in [0.3, 0.4) is 0 Å². The zero-order valence-corrected chi connectivity index (χ0v) is 40.6. The summed E-state index contributed by atoms with van der Waals surface area (Å²) in [4.78, 5) is 55.1. The molecule has 4 heterocycles. The minimum Gasteiger partial charge on any atom is -0.372 e. The van der Waals surface area contributed by atoms with Gasteiger partial charge in [0.05, 0.1) is 27.8 Å². The summed E-state index contributed by atoms with van der Waals surface area (Å²) in [5.74, 6) is 0.904. The second-order valence-electron chi connectivity index (χ2n) is 18.5. The fourth-order valence-corrected chi connectivity index (χ4v) is 9.63. The first kappa shape index (κ1) is 47.8. The molecule has 6 aromatic rings. The van der Waals surface area contributed by atoms with E-state index in [1.165, 1.54) is 0 Å². The van der Waals surface area contributed by atoms with Crippen molar-refractivity contribution in [3.05, 3.63) is 119 Å². The highest BCUT2D eigenvalue weighted by molar-refractivity contribution is 7.13. The van der Waals surface area contributed by atoms with Crippen molar-refractivity contribution in [2.45, 2.75) is 113 Å². The number of aromatic nitrogens is 4. The quantitative estimate of drug-likeness (QED) is 0.0805. The molecule has 3 aromatic carbocycles. The largest absolute Gasteiger partial charge is 0.372 e. The maximum Gasteiger partial charge on any atom is 0.246 e. The third-order valence-electron chi connectivity index (χ3n) is 12.5. The number of hydrogen-bond donors (Lipinski definition) is 2. The van der Waals surface area contributed by atoms with Gasteiger partial charge in [-0.15, -0.1) is 11.3 Å². The maximum absolute atomic E-state index is 14.2. The van der Waals surface area contributed by atoms with Gasteiger partial charge < -0.3 is 34.3 Å². The van der Waals surface area contributed by atoms with E-state index in [4.69, 9.17) is 9.26 Å². The van der Waals surface area contributed by atoms with Crippen LogP contribution in [0.4, 0.5) is 11.4 Å². The van der Waals surface area contributed by atoms with E-state index in [0.29, 0.717) is 26.0 Å². The lowest BCUT2D eigenvalue weighted by Crippen LogP contribution is -2.58. The maximum atomic E-state index is 14.2. The predicted octanol–water partition coefficient (Wildman–Crippen LogP) is 9.92. The van der Waals surface area contributed by atoms with Crippen LogP contribution in [0.5, 0.6) is 0 Å². The summed E-state index contributed by atoms with van der Waals surface area (Å²) in [5, 5.41) is 10.3. The van der Waals surface area contributed by atoms with E-state index >= 15 is 0 Å². The number of carbonyl (C=O) groups is 3. The van der Waals surface area contributed by atoms with Gasteiger partial charge in [0, 0.05) is 54.7 Å². The molecule has 1 fully saturated rings. The second kappa shape index (κ2) is 21.0. The van der Waals surface area contributed by atoms with Crippen molar-refractivity contribution in [1.29, 1.82) is 0 Å². The number of rotatable bonds is 18. The molecule has 0 aliphatic carbocycles. The molecule has 0 unspecified atom stereocenters. The van der Waals surface area contributed by atoms with Gasteiger partial charge in [-0.05, 0) is 132 Å². The highest BCUT2D eigenvalue weighted by Crippen LogP contribution is 2.36. The van der Waals surface area contributed by atoms with E-state index < -0.39 is 17.5 Å². The van der Waals surface area contributed by atoms with Crippen molar-refractivity contribution in [1.82, 2.24) is 35.2 Å². The Morgan fingerprint density at radius 1 is 0.909 bits per heavy atom. The van der Waals surface area contributed by atoms with Gasteiger partial charge in [-0.3, -0.25) is 14.4 Å². The summed E-state index contributed by atoms with van der Waals surface area (Å²) in [5.41, 5.74) is 11.6. The second-order valence-corrected chi connectivity index (χ2v) is 19.4. The molecule has 2 N–H and O–H groups in total. The van der Waals surface area contributed by atoms with Crippen molar-refractivity contribution in [3.8, 4) is 27.3 Å². The van der Waals surface area contributed by atoms with Gasteiger partial charge in [-0.1, -0.05) is 62.3 Å². The molecule has 3 aromatic heterocycles. The van der Waals surface area contributed by atoms with Crippen LogP contribution in [0, 0.1) is 40.0 Å². The number of likely N-dealkylation sites (tertiary alicyclic amines) is 1. The van der Waals surface area contributed by atoms with Crippen LogP contribution < -0.4 is 15.5 Å². The van der Waals surface area contributed by atoms with Crippen LogP contribution in [-0.4, -0.2) is 80.7 Å². The first-order valence-corrected chi connectivity index (χ1v) is 23.9. The molecule has 66 heavy (non-hydrogen) atoms. The summed E-state index contributed by atoms with van der Waals surface area (Å²) in [6.07, 6.45) is 7.57. The van der Waals surface area contributed by atoms with E-state index in [9.17, 15) is 14.4 Å². The number of imidazole rings is 1. The average molecular weight is 913 g/mol. The molecule has 1 aliphatic rings. The highest BCUT2D eigenvalue weighted by atomic mass is 32.1. The minimum atomic E-state index is -0.828. The Hall–Kier alpha value is -6.12. The molecular formula is C52H64N8O5S. The normalized spacial score (nSPS) is 14.9. The molecule has 1 aliphatic heterocycles. The van der Waals surface area contributed by atoms with Crippen molar-refractivity contribution in [2.75, 3.05) is 31.2 Å². The summed E-state index contributed by atoms with van der Waals surface area (Å²) in [7, 11) is 0. The van der Waals surface area contributed by atoms with Crippen LogP contribution in [0.2, 0.25) is 0 Å². The predicted molar refractivity (Wildman–Crippen MR) is 261 cm³/mol. The number of amides is 3. The van der Waals surface area contributed by atoms with Crippen molar-refractivity contribution < 1.29 is 23.6 Å². The van der Waals surface area contributed by atoms with Gasteiger partial charge in [0.2, 0.25) is 17.7 Å². The number of ether oxygens (including phenoxy) is 1. The molecular weight excluding hydrogens is 849 g/mol. The van der Waals surface area contributed by atoms with Gasteiger partial charge in [0.15, 0.2) is 0 Å². The number of carbonyl (C=O) groups excluding carboxylic acids is 3. The van der Waals surface area contributed by atoms with Crippen LogP contribution in [0.1, 0.15) is 99.9 Å². The molecule has 3 amide bonds. The van der Waals surface area contributed by atoms with E-state index in [0.717, 1.165) is 98.5 Å². The zero-order valence-electron chi connectivity index (χ0n) is 39.8. The van der Waals surface area contributed by atoms with E-state index in [-0.39, 0.29) is 30.4 Å². The Morgan fingerprint density at radius 3 is 2.30 bits per heavy atom. The summed E-state index contributed by atoms with van der Waals surface area (Å²) >= 11 is 1.60. The minimum absolute atomic E-state index is 0.162. The molecule has 14 heteroatoms. The first-order chi connectivity index (χ1) is 31.6. The van der Waals surface area contributed by atoms with Crippen LogP contribution in [0.25, 0.3) is 27.3 Å². The molecule has 0 spiro atoms. The molecule has 3 atom stereocenters. The fraction of sp³-hybridized carbons (Fsp3) is 0.423. The number of aryl methyl sites for hydroxylation is 5. The number of benzene rings is 3. The molecule has 1 saturated heterocycles. The van der Waals surface area contributed by atoms with Crippen molar-refractivity contribution in [2.24, 2.45) is 5.41 Å². The van der Waals surface area contributed by atoms with E-state index in [1.807, 2.05) is 79.2 Å². The smallest absolute Gasteiger partial charge is 0.246 e. The monoisotopic (exact) mass is 912 g/mol. The summed E-state index contributed by atoms with van der Waals surface area (Å²) < 4.78 is 13.5. The molecule has 0 bridgehead atoms. The van der Waals surface area contributed by atoms with Crippen LogP contribution in [-0.2, 0) is 19.1 Å². The molecule has 0 radical (unpaired) electrons. The van der Waals surface area contributed by atoms with E-state index in [1.54, 1.807) is 22.4 Å². The highest BCUT2D eigenvalue weighted by Gasteiger charge is 2.42. The van der Waals surface area contributed by atoms with Crippen LogP contribution >= 0.6 is 11.3 Å². The number of nitrogens with one attached hydrogen (secondary N) is 2. The standard InChI is InChI=1S/C52H64N8O5S/c1-33-15-16-41(47-35(3)57-65-37(47)5)30-45(33)59(43-23-21-42(22-24-43)58-28-25-53-38(58)6)26-11-10-12-29-64-31-46(61)56-49(52(7,8)9)51(63)60-27-13-14-44(60)50(62)55-34(2)39-17-19-40(20-18-39)48-36(4)54-32-66-48/h15-25,28,30,32,34,44,49H,10-14,26-27,29,31H2,1-9H3,(H,55,62)(H,56,61)/t34-,44-,49+/m0/s1. The number of hydrogen-bond acceptors (Lipinski definition) is 10. The molecule has 13 nitrogen and oxygen atoms in total. The Kier molecular flexibility index (Phi) is 15.2. The van der Waals surface area contributed by atoms with Gasteiger partial charge in [0.1, 0.15) is 30.3 Å². The lowest BCUT2D eigenvalue weighted by atomic mass is 9.85. The van der Waals surface area contributed by atoms with Crippen LogP contribution in [0.15, 0.2) is 89.2 Å². The Labute approximate surface area is 393 Å². The lowest BCUT2D eigenvalue weighted by Gasteiger charge is -2.35. The van der Waals surface area contributed by atoms with Crippen molar-refractivity contribution in [3.63, 3.8) is 0 Å². The summed E-state index contributed by atoms with van der Waals surface area (Å²) in [6.45, 7) is 19.2. The fourth-order valence-electron chi connectivity index (χ4n) is 8.81. The lowest BCUT2D eigenvalue weighted by molar-refractivity contribution is -0.144. The van der Waals surface area contributed by atoms with Gasteiger partial charge in [0.25, 0.3) is 0 Å². The SMILES string of the molecule is Cc1ccc(-c2c(C)noc2C)cc1N(CCCCCOCC(=O)N[C@H](C(=O)N1CCC[C@H]1C(=O)N[C@@H](C)c1ccc(-c2scnc2C)cc1)C(C)(C)C)c1ccc(-n2ccnc2C)cc1. The molecule has 7 rings (SSSR count). The topological polar surface area (TPSA) is 148 Å². The third-order valence-corrected chi connectivity index (χ3v) is 13.5. The number of unbranched alkanes of at least 4 members (excludes halogenated alkanes) is 2. The number of thiazole rings is 1. The Balaban J connectivity index is 0.917. The van der Waals surface area contributed by atoms with Gasteiger partial charge in [-0.2, -0.15) is 0 Å². The number of nitrogens with zero attached hydrogens (tertiary/aromatic N) is 6. The molecule has 348 valence electrons. The first-order valence-electron chi connectivity index (χ1n) is 23.0. The van der Waals surface area contributed by atoms with Gasteiger partial charge in [-0.25, -0.2) is 9.97 Å². The van der Waals surface area contributed by atoms with E-state index in [2.05, 4.69) is 96.7 Å². The number of anilines is 2. The third kappa shape index (κ3) is 11.1. The van der Waals surface area contributed by atoms with Crippen molar-refractivity contribution >= 4 is 40.4 Å². The van der Waals surface area contributed by atoms with Gasteiger partial charge >= 0.3 is 0 Å². The average Bonchev–Trinajstić information content (AvgIpc) is 4.12. The zero-order chi connectivity index (χ0) is 47.1. The Bertz CT molecular complexity index is 2590.